The lowest BCUT2D eigenvalue weighted by atomic mass is 10.2. The van der Waals surface area contributed by atoms with Crippen LogP contribution in [0.4, 0.5) is 16.2 Å². The van der Waals surface area contributed by atoms with Crippen LogP contribution in [0.3, 0.4) is 0 Å². The highest BCUT2D eigenvalue weighted by atomic mass is 16.5. The second-order valence-corrected chi connectivity index (χ2v) is 5.67. The molecule has 6 nitrogen and oxygen atoms in total. The molecule has 25 heavy (non-hydrogen) atoms. The van der Waals surface area contributed by atoms with Crippen LogP contribution in [0.15, 0.2) is 60.9 Å². The van der Waals surface area contributed by atoms with Crippen molar-refractivity contribution in [3.05, 3.63) is 72.1 Å². The Labute approximate surface area is 146 Å². The van der Waals surface area contributed by atoms with E-state index in [4.69, 9.17) is 4.74 Å². The Morgan fingerprint density at radius 3 is 2.80 bits per heavy atom. The summed E-state index contributed by atoms with van der Waals surface area (Å²) in [6.07, 6.45) is 3.41. The van der Waals surface area contributed by atoms with Crippen molar-refractivity contribution in [3.63, 3.8) is 0 Å². The van der Waals surface area contributed by atoms with Crippen LogP contribution in [0.5, 0.6) is 5.75 Å². The number of benzene rings is 2. The van der Waals surface area contributed by atoms with Crippen molar-refractivity contribution in [2.45, 2.75) is 13.5 Å². The number of aryl methyl sites for hydroxylation is 1. The van der Waals surface area contributed by atoms with E-state index < -0.39 is 0 Å². The Morgan fingerprint density at radius 1 is 1.16 bits per heavy atom. The number of carbonyl (C=O) groups excluding carboxylic acids is 1. The molecule has 1 heterocycles. The van der Waals surface area contributed by atoms with Crippen LogP contribution in [0.1, 0.15) is 11.1 Å². The average Bonchev–Trinajstić information content (AvgIpc) is 3.04. The van der Waals surface area contributed by atoms with Crippen molar-refractivity contribution in [1.29, 1.82) is 0 Å². The molecule has 0 atom stereocenters. The molecule has 0 radical (unpaired) electrons. The SMILES string of the molecule is COc1cccc(Cn2cc(NC(=O)Nc3ccccc3C)cn2)c1. The highest BCUT2D eigenvalue weighted by Gasteiger charge is 2.07. The quantitative estimate of drug-likeness (QED) is 0.743. The molecular weight excluding hydrogens is 316 g/mol. The van der Waals surface area contributed by atoms with Crippen LogP contribution in [-0.2, 0) is 6.54 Å². The van der Waals surface area contributed by atoms with Gasteiger partial charge in [-0.25, -0.2) is 4.79 Å². The number of amides is 2. The van der Waals surface area contributed by atoms with Crippen molar-refractivity contribution in [1.82, 2.24) is 9.78 Å². The summed E-state index contributed by atoms with van der Waals surface area (Å²) < 4.78 is 6.98. The zero-order chi connectivity index (χ0) is 17.6. The number of carbonyl (C=O) groups is 1. The van der Waals surface area contributed by atoms with Gasteiger partial charge in [-0.15, -0.1) is 0 Å². The second kappa shape index (κ2) is 7.53. The zero-order valence-corrected chi connectivity index (χ0v) is 14.2. The first kappa shape index (κ1) is 16.6. The fraction of sp³-hybridized carbons (Fsp3) is 0.158. The lowest BCUT2D eigenvalue weighted by molar-refractivity contribution is 0.262. The Bertz CT molecular complexity index is 873. The maximum Gasteiger partial charge on any atom is 0.323 e. The van der Waals surface area contributed by atoms with E-state index >= 15 is 0 Å². The topological polar surface area (TPSA) is 68.2 Å². The van der Waals surface area contributed by atoms with Gasteiger partial charge < -0.3 is 15.4 Å². The summed E-state index contributed by atoms with van der Waals surface area (Å²) in [5, 5.41) is 9.90. The standard InChI is InChI=1S/C19H20N4O2/c1-14-6-3-4-9-18(14)22-19(24)21-16-11-20-23(13-16)12-15-7-5-8-17(10-15)25-2/h3-11,13H,12H2,1-2H3,(H2,21,22,24). The van der Waals surface area contributed by atoms with Crippen LogP contribution in [0.25, 0.3) is 0 Å². The zero-order valence-electron chi connectivity index (χ0n) is 14.2. The summed E-state index contributed by atoms with van der Waals surface area (Å²) >= 11 is 0. The molecule has 0 saturated heterocycles. The third-order valence-corrected chi connectivity index (χ3v) is 3.76. The van der Waals surface area contributed by atoms with E-state index in [9.17, 15) is 4.79 Å². The summed E-state index contributed by atoms with van der Waals surface area (Å²) in [5.74, 6) is 0.806. The van der Waals surface area contributed by atoms with Crippen LogP contribution in [0.2, 0.25) is 0 Å². The number of aromatic nitrogens is 2. The summed E-state index contributed by atoms with van der Waals surface area (Å²) in [5.41, 5.74) is 3.49. The molecule has 0 spiro atoms. The first-order valence-corrected chi connectivity index (χ1v) is 7.93. The number of methoxy groups -OCH3 is 1. The molecule has 0 aliphatic heterocycles. The Balaban J connectivity index is 1.61. The number of rotatable bonds is 5. The van der Waals surface area contributed by atoms with E-state index in [1.165, 1.54) is 0 Å². The molecule has 0 aliphatic carbocycles. The first-order chi connectivity index (χ1) is 12.1. The first-order valence-electron chi connectivity index (χ1n) is 7.93. The maximum atomic E-state index is 12.1. The van der Waals surface area contributed by atoms with E-state index in [-0.39, 0.29) is 6.03 Å². The van der Waals surface area contributed by atoms with Crippen molar-refractivity contribution >= 4 is 17.4 Å². The third-order valence-electron chi connectivity index (χ3n) is 3.76. The van der Waals surface area contributed by atoms with E-state index in [1.807, 2.05) is 55.5 Å². The maximum absolute atomic E-state index is 12.1. The Morgan fingerprint density at radius 2 is 2.00 bits per heavy atom. The van der Waals surface area contributed by atoms with Gasteiger partial charge in [0.2, 0.25) is 0 Å². The van der Waals surface area contributed by atoms with E-state index in [0.29, 0.717) is 12.2 Å². The summed E-state index contributed by atoms with van der Waals surface area (Å²) in [6.45, 7) is 2.54. The van der Waals surface area contributed by atoms with E-state index in [0.717, 1.165) is 22.6 Å². The molecule has 6 heteroatoms. The van der Waals surface area contributed by atoms with Crippen molar-refractivity contribution in [3.8, 4) is 5.75 Å². The monoisotopic (exact) mass is 336 g/mol. The molecule has 2 aromatic carbocycles. The van der Waals surface area contributed by atoms with Gasteiger partial charge in [-0.05, 0) is 36.2 Å². The lowest BCUT2D eigenvalue weighted by Crippen LogP contribution is -2.19. The smallest absolute Gasteiger partial charge is 0.323 e. The number of nitrogens with one attached hydrogen (secondary N) is 2. The molecule has 128 valence electrons. The summed E-state index contributed by atoms with van der Waals surface area (Å²) in [7, 11) is 1.64. The Hall–Kier alpha value is -3.28. The van der Waals surface area contributed by atoms with Crippen LogP contribution >= 0.6 is 0 Å². The second-order valence-electron chi connectivity index (χ2n) is 5.67. The molecule has 2 N–H and O–H groups in total. The number of anilines is 2. The van der Waals surface area contributed by atoms with Crippen molar-refractivity contribution in [2.75, 3.05) is 17.7 Å². The predicted molar refractivity (Wildman–Crippen MR) is 98.1 cm³/mol. The molecule has 0 bridgehead atoms. The summed E-state index contributed by atoms with van der Waals surface area (Å²) in [6, 6.07) is 15.1. The minimum Gasteiger partial charge on any atom is -0.497 e. The molecule has 0 aliphatic rings. The largest absolute Gasteiger partial charge is 0.497 e. The molecule has 2 amide bonds. The molecule has 1 aromatic heterocycles. The highest BCUT2D eigenvalue weighted by molar-refractivity contribution is 6.00. The van der Waals surface area contributed by atoms with Gasteiger partial charge in [-0.1, -0.05) is 30.3 Å². The molecular formula is C19H20N4O2. The average molecular weight is 336 g/mol. The molecule has 0 fully saturated rings. The van der Waals surface area contributed by atoms with Crippen molar-refractivity contribution < 1.29 is 9.53 Å². The Kier molecular flexibility index (Phi) is 4.99. The lowest BCUT2D eigenvalue weighted by Gasteiger charge is -2.08. The minimum absolute atomic E-state index is 0.296. The number of urea groups is 1. The number of para-hydroxylation sites is 1. The molecule has 0 saturated carbocycles. The van der Waals surface area contributed by atoms with Gasteiger partial charge >= 0.3 is 6.03 Å². The number of hydrogen-bond donors (Lipinski definition) is 2. The van der Waals surface area contributed by atoms with Gasteiger partial charge in [0, 0.05) is 11.9 Å². The van der Waals surface area contributed by atoms with Gasteiger partial charge in [-0.2, -0.15) is 5.10 Å². The molecule has 3 rings (SSSR count). The molecule has 0 unspecified atom stereocenters. The molecule has 3 aromatic rings. The van der Waals surface area contributed by atoms with Crippen molar-refractivity contribution in [2.24, 2.45) is 0 Å². The van der Waals surface area contributed by atoms with Gasteiger partial charge in [0.1, 0.15) is 5.75 Å². The summed E-state index contributed by atoms with van der Waals surface area (Å²) in [4.78, 5) is 12.1. The fourth-order valence-corrected chi connectivity index (χ4v) is 2.47. The van der Waals surface area contributed by atoms with Gasteiger partial charge in [0.05, 0.1) is 25.5 Å². The number of ether oxygens (including phenoxy) is 1. The predicted octanol–water partition coefficient (Wildman–Crippen LogP) is 3.89. The normalized spacial score (nSPS) is 10.3. The van der Waals surface area contributed by atoms with Crippen LogP contribution in [-0.4, -0.2) is 22.9 Å². The van der Waals surface area contributed by atoms with Crippen LogP contribution < -0.4 is 15.4 Å². The van der Waals surface area contributed by atoms with E-state index in [1.54, 1.807) is 24.2 Å². The number of hydrogen-bond acceptors (Lipinski definition) is 3. The third kappa shape index (κ3) is 4.38. The number of nitrogens with zero attached hydrogens (tertiary/aromatic N) is 2. The van der Waals surface area contributed by atoms with Gasteiger partial charge in [0.25, 0.3) is 0 Å². The minimum atomic E-state index is -0.296. The van der Waals surface area contributed by atoms with E-state index in [2.05, 4.69) is 15.7 Å². The highest BCUT2D eigenvalue weighted by Crippen LogP contribution is 2.16. The van der Waals surface area contributed by atoms with Gasteiger partial charge in [-0.3, -0.25) is 4.68 Å². The van der Waals surface area contributed by atoms with Gasteiger partial charge in [0.15, 0.2) is 0 Å². The van der Waals surface area contributed by atoms with Crippen LogP contribution in [0, 0.1) is 6.92 Å². The fourth-order valence-electron chi connectivity index (χ4n) is 2.47.